The number of carbonyl (C=O) groups is 1. The number of nitrogens with zero attached hydrogens (tertiary/aromatic N) is 1. The number of rotatable bonds is 5. The summed E-state index contributed by atoms with van der Waals surface area (Å²) in [4.78, 5) is 12.8. The molecule has 1 amide bonds. The van der Waals surface area contributed by atoms with Crippen LogP contribution >= 0.6 is 0 Å². The molecule has 1 aliphatic heterocycles. The van der Waals surface area contributed by atoms with Gasteiger partial charge in [-0.2, -0.15) is 0 Å². The van der Waals surface area contributed by atoms with Crippen LogP contribution in [0.25, 0.3) is 0 Å². The fourth-order valence-electron chi connectivity index (χ4n) is 3.71. The van der Waals surface area contributed by atoms with Crippen LogP contribution in [-0.4, -0.2) is 20.9 Å². The van der Waals surface area contributed by atoms with Crippen molar-refractivity contribution in [1.82, 2.24) is 5.32 Å². The van der Waals surface area contributed by atoms with Crippen LogP contribution in [0.3, 0.4) is 0 Å². The van der Waals surface area contributed by atoms with Gasteiger partial charge in [0.2, 0.25) is 0 Å². The van der Waals surface area contributed by atoms with Gasteiger partial charge in [0.15, 0.2) is 0 Å². The second-order valence-corrected chi connectivity index (χ2v) is 9.34. The molecular weight excluding hydrogens is 400 g/mol. The van der Waals surface area contributed by atoms with Crippen molar-refractivity contribution in [3.05, 3.63) is 83.3 Å². The number of amides is 1. The third-order valence-electron chi connectivity index (χ3n) is 5.29. The maximum Gasteiger partial charge on any atom is 0.264 e. The zero-order valence-corrected chi connectivity index (χ0v) is 17.8. The fourth-order valence-corrected chi connectivity index (χ4v) is 5.30. The standard InChI is InChI=1S/C23H24N2O4S/c1-16-12-13-22(29-16)17(2)24-23(26)19-8-5-10-20(15-19)30(27,28)25-14-6-9-18-7-3-4-11-21(18)25/h3-5,7-8,10-13,15,17H,6,9,14H2,1-2H3,(H,24,26). The molecule has 1 atom stereocenters. The van der Waals surface area contributed by atoms with Crippen molar-refractivity contribution in [2.45, 2.75) is 37.6 Å². The first-order chi connectivity index (χ1) is 14.4. The summed E-state index contributed by atoms with van der Waals surface area (Å²) in [6.45, 7) is 4.08. The molecule has 4 rings (SSSR count). The molecular formula is C23H24N2O4S. The molecule has 0 saturated carbocycles. The van der Waals surface area contributed by atoms with Crippen molar-refractivity contribution in [1.29, 1.82) is 0 Å². The Morgan fingerprint density at radius 2 is 1.90 bits per heavy atom. The monoisotopic (exact) mass is 424 g/mol. The number of benzene rings is 2. The summed E-state index contributed by atoms with van der Waals surface area (Å²) in [5, 5.41) is 2.86. The summed E-state index contributed by atoms with van der Waals surface area (Å²) in [7, 11) is -3.77. The topological polar surface area (TPSA) is 79.6 Å². The lowest BCUT2D eigenvalue weighted by Gasteiger charge is -2.30. The zero-order valence-electron chi connectivity index (χ0n) is 17.0. The third kappa shape index (κ3) is 3.85. The number of anilines is 1. The lowest BCUT2D eigenvalue weighted by Crippen LogP contribution is -2.35. The number of nitrogens with one attached hydrogen (secondary N) is 1. The number of carbonyl (C=O) groups excluding carboxylic acids is 1. The summed E-state index contributed by atoms with van der Waals surface area (Å²) in [5.41, 5.74) is 2.01. The summed E-state index contributed by atoms with van der Waals surface area (Å²) < 4.78 is 33.7. The van der Waals surface area contributed by atoms with Crippen LogP contribution in [0.15, 0.2) is 70.0 Å². The van der Waals surface area contributed by atoms with Crippen LogP contribution in [0, 0.1) is 6.92 Å². The van der Waals surface area contributed by atoms with Crippen LogP contribution in [0.1, 0.15) is 46.8 Å². The first kappa shape index (κ1) is 20.2. The van der Waals surface area contributed by atoms with Gasteiger partial charge in [0.25, 0.3) is 15.9 Å². The molecule has 1 unspecified atom stereocenters. The first-order valence-electron chi connectivity index (χ1n) is 9.94. The molecule has 0 radical (unpaired) electrons. The predicted octanol–water partition coefficient (Wildman–Crippen LogP) is 4.22. The van der Waals surface area contributed by atoms with Gasteiger partial charge in [-0.3, -0.25) is 9.10 Å². The van der Waals surface area contributed by atoms with Gasteiger partial charge in [-0.15, -0.1) is 0 Å². The van der Waals surface area contributed by atoms with Crippen molar-refractivity contribution in [2.75, 3.05) is 10.8 Å². The number of sulfonamides is 1. The SMILES string of the molecule is Cc1ccc(C(C)NC(=O)c2cccc(S(=O)(=O)N3CCCc4ccccc43)c2)o1. The van der Waals surface area contributed by atoms with Crippen molar-refractivity contribution < 1.29 is 17.6 Å². The van der Waals surface area contributed by atoms with E-state index in [-0.39, 0.29) is 22.4 Å². The Morgan fingerprint density at radius 1 is 1.10 bits per heavy atom. The van der Waals surface area contributed by atoms with E-state index in [9.17, 15) is 13.2 Å². The number of hydrogen-bond donors (Lipinski definition) is 1. The molecule has 0 aliphatic carbocycles. The molecule has 1 aromatic heterocycles. The molecule has 1 aliphatic rings. The molecule has 2 heterocycles. The molecule has 2 aromatic carbocycles. The second-order valence-electron chi connectivity index (χ2n) is 7.48. The van der Waals surface area contributed by atoms with E-state index in [1.54, 1.807) is 12.1 Å². The normalized spacial score (nSPS) is 14.8. The second kappa shape index (κ2) is 7.99. The first-order valence-corrected chi connectivity index (χ1v) is 11.4. The summed E-state index contributed by atoms with van der Waals surface area (Å²) in [5.74, 6) is 1.06. The molecule has 30 heavy (non-hydrogen) atoms. The highest BCUT2D eigenvalue weighted by atomic mass is 32.2. The smallest absolute Gasteiger partial charge is 0.264 e. The van der Waals surface area contributed by atoms with Gasteiger partial charge in [0.1, 0.15) is 11.5 Å². The van der Waals surface area contributed by atoms with Crippen molar-refractivity contribution in [2.24, 2.45) is 0 Å². The minimum absolute atomic E-state index is 0.105. The van der Waals surface area contributed by atoms with E-state index in [0.29, 0.717) is 18.0 Å². The van der Waals surface area contributed by atoms with E-state index >= 15 is 0 Å². The lowest BCUT2D eigenvalue weighted by atomic mass is 10.0. The van der Waals surface area contributed by atoms with Gasteiger partial charge in [-0.05, 0) is 68.7 Å². The van der Waals surface area contributed by atoms with E-state index in [4.69, 9.17) is 4.42 Å². The summed E-state index contributed by atoms with van der Waals surface area (Å²) >= 11 is 0. The van der Waals surface area contributed by atoms with Gasteiger partial charge in [-0.1, -0.05) is 24.3 Å². The maximum atomic E-state index is 13.4. The van der Waals surface area contributed by atoms with Crippen LogP contribution in [-0.2, 0) is 16.4 Å². The quantitative estimate of drug-likeness (QED) is 0.665. The number of aryl methyl sites for hydroxylation is 2. The highest BCUT2D eigenvalue weighted by Crippen LogP contribution is 2.32. The van der Waals surface area contributed by atoms with E-state index in [1.165, 1.54) is 16.4 Å². The Morgan fingerprint density at radius 3 is 2.67 bits per heavy atom. The third-order valence-corrected chi connectivity index (χ3v) is 7.10. The number of fused-ring (bicyclic) bond motifs is 1. The van der Waals surface area contributed by atoms with E-state index < -0.39 is 10.0 Å². The van der Waals surface area contributed by atoms with E-state index in [2.05, 4.69) is 5.32 Å². The Hall–Kier alpha value is -3.06. The number of furan rings is 1. The van der Waals surface area contributed by atoms with E-state index in [1.807, 2.05) is 50.2 Å². The molecule has 156 valence electrons. The highest BCUT2D eigenvalue weighted by molar-refractivity contribution is 7.92. The summed E-state index contributed by atoms with van der Waals surface area (Å²) in [6, 6.07) is 17.0. The molecule has 7 heteroatoms. The van der Waals surface area contributed by atoms with Gasteiger partial charge >= 0.3 is 0 Å². The Bertz CT molecular complexity index is 1180. The van der Waals surface area contributed by atoms with Crippen molar-refractivity contribution >= 4 is 21.6 Å². The number of hydrogen-bond acceptors (Lipinski definition) is 4. The summed E-state index contributed by atoms with van der Waals surface area (Å²) in [6.07, 6.45) is 1.62. The maximum absolute atomic E-state index is 13.4. The average Bonchev–Trinajstić information content (AvgIpc) is 3.20. The molecule has 1 N–H and O–H groups in total. The Labute approximate surface area is 176 Å². The fraction of sp³-hybridized carbons (Fsp3) is 0.261. The van der Waals surface area contributed by atoms with Gasteiger partial charge < -0.3 is 9.73 Å². The zero-order chi connectivity index (χ0) is 21.3. The lowest BCUT2D eigenvalue weighted by molar-refractivity contribution is 0.0935. The Kier molecular flexibility index (Phi) is 5.39. The molecule has 0 bridgehead atoms. The minimum atomic E-state index is -3.77. The van der Waals surface area contributed by atoms with E-state index in [0.717, 1.165) is 24.2 Å². The van der Waals surface area contributed by atoms with Gasteiger partial charge in [0.05, 0.1) is 16.6 Å². The Balaban J connectivity index is 1.59. The average molecular weight is 425 g/mol. The van der Waals surface area contributed by atoms with Gasteiger partial charge in [0, 0.05) is 12.1 Å². The van der Waals surface area contributed by atoms with Crippen LogP contribution in [0.5, 0.6) is 0 Å². The molecule has 0 spiro atoms. The van der Waals surface area contributed by atoms with Crippen molar-refractivity contribution in [3.8, 4) is 0 Å². The molecule has 0 saturated heterocycles. The molecule has 3 aromatic rings. The van der Waals surface area contributed by atoms with Gasteiger partial charge in [-0.25, -0.2) is 8.42 Å². The minimum Gasteiger partial charge on any atom is -0.464 e. The highest BCUT2D eigenvalue weighted by Gasteiger charge is 2.29. The van der Waals surface area contributed by atoms with Crippen LogP contribution in [0.2, 0.25) is 0 Å². The predicted molar refractivity (Wildman–Crippen MR) is 115 cm³/mol. The molecule has 0 fully saturated rings. The van der Waals surface area contributed by atoms with Crippen molar-refractivity contribution in [3.63, 3.8) is 0 Å². The largest absolute Gasteiger partial charge is 0.464 e. The number of para-hydroxylation sites is 1. The van der Waals surface area contributed by atoms with Crippen LogP contribution in [0.4, 0.5) is 5.69 Å². The van der Waals surface area contributed by atoms with Crippen LogP contribution < -0.4 is 9.62 Å². The molecule has 6 nitrogen and oxygen atoms in total.